The molecule has 0 aliphatic rings. The highest BCUT2D eigenvalue weighted by molar-refractivity contribution is 5.93. The van der Waals surface area contributed by atoms with Crippen LogP contribution in [0.4, 0.5) is 0 Å². The second-order valence-electron chi connectivity index (χ2n) is 6.12. The first-order chi connectivity index (χ1) is 10.2. The Morgan fingerprint density at radius 2 is 1.33 bits per heavy atom. The summed E-state index contributed by atoms with van der Waals surface area (Å²) in [4.78, 5) is 0. The second-order valence-corrected chi connectivity index (χ2v) is 6.12. The van der Waals surface area contributed by atoms with Crippen LogP contribution in [0.5, 0.6) is 0 Å². The van der Waals surface area contributed by atoms with Gasteiger partial charge in [0.25, 0.3) is 0 Å². The highest BCUT2D eigenvalue weighted by Gasteiger charge is 2.17. The minimum absolute atomic E-state index is 1.15. The molecule has 0 aromatic heterocycles. The largest absolute Gasteiger partial charge is 0.0651 e. The molecule has 21 heavy (non-hydrogen) atoms. The van der Waals surface area contributed by atoms with E-state index in [0.29, 0.717) is 0 Å². The Balaban J connectivity index is 2.93. The summed E-state index contributed by atoms with van der Waals surface area (Å²) in [5.74, 6) is 0. The molecule has 0 aliphatic heterocycles. The summed E-state index contributed by atoms with van der Waals surface area (Å²) in [6, 6.07) is 6.86. The highest BCUT2D eigenvalue weighted by Crippen LogP contribution is 2.35. The van der Waals surface area contributed by atoms with E-state index in [1.54, 1.807) is 27.6 Å². The normalized spacial score (nSPS) is 11.3. The predicted molar refractivity (Wildman–Crippen MR) is 95.4 cm³/mol. The summed E-state index contributed by atoms with van der Waals surface area (Å²) in [5.41, 5.74) is 7.99. The number of benzene rings is 2. The van der Waals surface area contributed by atoms with Gasteiger partial charge in [0.1, 0.15) is 0 Å². The van der Waals surface area contributed by atoms with Gasteiger partial charge in [0.15, 0.2) is 0 Å². The Kier molecular flexibility index (Phi) is 5.45. The van der Waals surface area contributed by atoms with E-state index in [-0.39, 0.29) is 0 Å². The molecule has 0 fully saturated rings. The van der Waals surface area contributed by atoms with Crippen molar-refractivity contribution in [2.45, 2.75) is 73.1 Å². The van der Waals surface area contributed by atoms with E-state index in [9.17, 15) is 0 Å². The standard InChI is InChI=1S/C21H30/c1-6-11-18-16(8-3)17(9-4)21-15(5)13-10-14-20(21)19(18)12-7-2/h10,13-14H,6-9,11-12H2,1-5H3. The average Bonchev–Trinajstić information content (AvgIpc) is 2.49. The van der Waals surface area contributed by atoms with Gasteiger partial charge in [-0.1, -0.05) is 58.7 Å². The molecular formula is C21H30. The molecule has 0 spiro atoms. The van der Waals surface area contributed by atoms with Gasteiger partial charge in [-0.25, -0.2) is 0 Å². The van der Waals surface area contributed by atoms with Gasteiger partial charge in [0.2, 0.25) is 0 Å². The number of fused-ring (bicyclic) bond motifs is 1. The molecule has 2 aromatic rings. The number of rotatable bonds is 6. The molecule has 0 atom stereocenters. The Hall–Kier alpha value is -1.30. The van der Waals surface area contributed by atoms with E-state index < -0.39 is 0 Å². The van der Waals surface area contributed by atoms with E-state index in [4.69, 9.17) is 0 Å². The van der Waals surface area contributed by atoms with Crippen molar-refractivity contribution in [1.29, 1.82) is 0 Å². The molecule has 0 heteroatoms. The van der Waals surface area contributed by atoms with Crippen molar-refractivity contribution in [2.75, 3.05) is 0 Å². The van der Waals surface area contributed by atoms with Crippen LogP contribution < -0.4 is 0 Å². The molecule has 2 aromatic carbocycles. The van der Waals surface area contributed by atoms with E-state index in [1.807, 2.05) is 0 Å². The second kappa shape index (κ2) is 7.11. The van der Waals surface area contributed by atoms with Crippen LogP contribution in [-0.4, -0.2) is 0 Å². The monoisotopic (exact) mass is 282 g/mol. The van der Waals surface area contributed by atoms with E-state index in [1.165, 1.54) is 43.1 Å². The zero-order valence-electron chi connectivity index (χ0n) is 14.5. The minimum atomic E-state index is 1.15. The van der Waals surface area contributed by atoms with Crippen LogP contribution in [-0.2, 0) is 25.7 Å². The summed E-state index contributed by atoms with van der Waals surface area (Å²) in [6.07, 6.45) is 7.23. The highest BCUT2D eigenvalue weighted by atomic mass is 14.2. The fourth-order valence-electron chi connectivity index (χ4n) is 3.90. The first-order valence-corrected chi connectivity index (χ1v) is 8.74. The van der Waals surface area contributed by atoms with Gasteiger partial charge in [0.05, 0.1) is 0 Å². The molecule has 0 nitrogen and oxygen atoms in total. The first-order valence-electron chi connectivity index (χ1n) is 8.74. The van der Waals surface area contributed by atoms with Gasteiger partial charge in [-0.3, -0.25) is 0 Å². The van der Waals surface area contributed by atoms with Crippen molar-refractivity contribution in [3.05, 3.63) is 46.0 Å². The van der Waals surface area contributed by atoms with E-state index in [0.717, 1.165) is 6.42 Å². The van der Waals surface area contributed by atoms with Gasteiger partial charge >= 0.3 is 0 Å². The van der Waals surface area contributed by atoms with Gasteiger partial charge in [-0.05, 0) is 71.2 Å². The van der Waals surface area contributed by atoms with Crippen LogP contribution in [0.1, 0.15) is 68.4 Å². The molecule has 0 aliphatic carbocycles. The van der Waals surface area contributed by atoms with Crippen LogP contribution in [0.3, 0.4) is 0 Å². The maximum absolute atomic E-state index is 2.35. The smallest absolute Gasteiger partial charge is 0.0117 e. The fraction of sp³-hybridized carbons (Fsp3) is 0.524. The van der Waals surface area contributed by atoms with E-state index in [2.05, 4.69) is 52.8 Å². The van der Waals surface area contributed by atoms with Crippen molar-refractivity contribution in [3.8, 4) is 0 Å². The maximum Gasteiger partial charge on any atom is -0.0117 e. The van der Waals surface area contributed by atoms with Gasteiger partial charge in [-0.15, -0.1) is 0 Å². The van der Waals surface area contributed by atoms with Crippen LogP contribution in [0.15, 0.2) is 18.2 Å². The van der Waals surface area contributed by atoms with Gasteiger partial charge in [0, 0.05) is 0 Å². The fourth-order valence-corrected chi connectivity index (χ4v) is 3.90. The summed E-state index contributed by atoms with van der Waals surface area (Å²) in [7, 11) is 0. The van der Waals surface area contributed by atoms with Crippen molar-refractivity contribution in [1.82, 2.24) is 0 Å². The van der Waals surface area contributed by atoms with Gasteiger partial charge < -0.3 is 0 Å². The summed E-state index contributed by atoms with van der Waals surface area (Å²) < 4.78 is 0. The van der Waals surface area contributed by atoms with Crippen molar-refractivity contribution in [2.24, 2.45) is 0 Å². The zero-order chi connectivity index (χ0) is 15.4. The quantitative estimate of drug-likeness (QED) is 0.593. The van der Waals surface area contributed by atoms with Crippen molar-refractivity contribution in [3.63, 3.8) is 0 Å². The molecule has 0 amide bonds. The molecular weight excluding hydrogens is 252 g/mol. The lowest BCUT2D eigenvalue weighted by Crippen LogP contribution is -2.07. The molecule has 0 radical (unpaired) electrons. The third kappa shape index (κ3) is 2.86. The SMILES string of the molecule is CCCc1c(CC)c(CC)c2c(C)cccc2c1CCC. The molecule has 0 saturated heterocycles. The van der Waals surface area contributed by atoms with Crippen molar-refractivity contribution < 1.29 is 0 Å². The number of aryl methyl sites for hydroxylation is 3. The van der Waals surface area contributed by atoms with Crippen LogP contribution in [0.2, 0.25) is 0 Å². The van der Waals surface area contributed by atoms with Gasteiger partial charge in [-0.2, -0.15) is 0 Å². The third-order valence-electron chi connectivity index (χ3n) is 4.70. The topological polar surface area (TPSA) is 0 Å². The lowest BCUT2D eigenvalue weighted by molar-refractivity contribution is 0.845. The molecule has 0 heterocycles. The number of hydrogen-bond donors (Lipinski definition) is 0. The predicted octanol–water partition coefficient (Wildman–Crippen LogP) is 6.18. The van der Waals surface area contributed by atoms with Crippen LogP contribution in [0, 0.1) is 6.92 Å². The molecule has 114 valence electrons. The van der Waals surface area contributed by atoms with Crippen molar-refractivity contribution >= 4 is 10.8 Å². The molecule has 0 bridgehead atoms. The lowest BCUT2D eigenvalue weighted by atomic mass is 9.82. The molecule has 0 saturated carbocycles. The Morgan fingerprint density at radius 3 is 1.90 bits per heavy atom. The number of hydrogen-bond acceptors (Lipinski definition) is 0. The summed E-state index contributed by atoms with van der Waals surface area (Å²) >= 11 is 0. The molecule has 0 N–H and O–H groups in total. The average molecular weight is 282 g/mol. The Morgan fingerprint density at radius 1 is 0.714 bits per heavy atom. The van der Waals surface area contributed by atoms with Crippen LogP contribution >= 0.6 is 0 Å². The third-order valence-corrected chi connectivity index (χ3v) is 4.70. The lowest BCUT2D eigenvalue weighted by Gasteiger charge is -2.22. The molecule has 0 unspecified atom stereocenters. The Bertz CT molecular complexity index is 620. The van der Waals surface area contributed by atoms with Crippen LogP contribution in [0.25, 0.3) is 10.8 Å². The zero-order valence-corrected chi connectivity index (χ0v) is 14.5. The molecule has 2 rings (SSSR count). The van der Waals surface area contributed by atoms with E-state index >= 15 is 0 Å². The Labute approximate surface area is 130 Å². The summed E-state index contributed by atoms with van der Waals surface area (Å²) in [6.45, 7) is 11.5. The summed E-state index contributed by atoms with van der Waals surface area (Å²) in [5, 5.41) is 3.06. The first kappa shape index (κ1) is 16.1. The maximum atomic E-state index is 2.35. The minimum Gasteiger partial charge on any atom is -0.0651 e.